The van der Waals surface area contributed by atoms with Crippen molar-refractivity contribution in [2.75, 3.05) is 5.09 Å². The second kappa shape index (κ2) is 9.04. The van der Waals surface area contributed by atoms with E-state index in [-0.39, 0.29) is 11.2 Å². The quantitative estimate of drug-likeness (QED) is 0.352. The van der Waals surface area contributed by atoms with Crippen LogP contribution in [-0.2, 0) is 11.6 Å². The Morgan fingerprint density at radius 2 is 1.24 bits per heavy atom. The molecule has 1 aromatic heterocycles. The molecule has 0 aliphatic heterocycles. The number of aryl methyl sites for hydroxylation is 2. The summed E-state index contributed by atoms with van der Waals surface area (Å²) in [4.78, 5) is 13.3. The molecule has 0 atom stereocenters. The molecular weight excluding hydrogens is 437 g/mol. The van der Waals surface area contributed by atoms with Crippen molar-refractivity contribution in [2.45, 2.75) is 20.8 Å². The zero-order valence-corrected chi connectivity index (χ0v) is 19.9. The summed E-state index contributed by atoms with van der Waals surface area (Å²) >= 11 is 0. The van der Waals surface area contributed by atoms with E-state index in [0.717, 1.165) is 11.1 Å². The van der Waals surface area contributed by atoms with Crippen LogP contribution in [0.5, 0.6) is 11.5 Å². The summed E-state index contributed by atoms with van der Waals surface area (Å²) < 4.78 is 28.8. The lowest BCUT2D eigenvalue weighted by molar-refractivity contribution is 0.392. The lowest BCUT2D eigenvalue weighted by atomic mass is 10.2. The van der Waals surface area contributed by atoms with Gasteiger partial charge in [-0.25, -0.2) is 9.25 Å². The van der Waals surface area contributed by atoms with Crippen LogP contribution in [-0.4, -0.2) is 9.36 Å². The van der Waals surface area contributed by atoms with Crippen molar-refractivity contribution < 1.29 is 13.6 Å². The molecular formula is C25H26N3O4P. The molecule has 4 aromatic rings. The van der Waals surface area contributed by atoms with Gasteiger partial charge in [-0.2, -0.15) is 0 Å². The zero-order valence-electron chi connectivity index (χ0n) is 19.0. The van der Waals surface area contributed by atoms with E-state index in [2.05, 4.69) is 5.09 Å². The molecule has 1 N–H and O–H groups in total. The maximum Gasteiger partial charge on any atom is 0.541 e. The lowest BCUT2D eigenvalue weighted by Crippen LogP contribution is -2.21. The number of anilines is 1. The van der Waals surface area contributed by atoms with Crippen LogP contribution in [0.15, 0.2) is 83.7 Å². The molecule has 0 unspecified atom stereocenters. The van der Waals surface area contributed by atoms with Gasteiger partial charge in [0.15, 0.2) is 0 Å². The van der Waals surface area contributed by atoms with Gasteiger partial charge >= 0.3 is 7.75 Å². The predicted octanol–water partition coefficient (Wildman–Crippen LogP) is 5.78. The van der Waals surface area contributed by atoms with E-state index in [9.17, 15) is 9.36 Å². The highest BCUT2D eigenvalue weighted by molar-refractivity contribution is 7.56. The molecule has 0 saturated carbocycles. The Kier molecular flexibility index (Phi) is 6.16. The standard InChI is InChI=1S/C25H26N3O4P/c1-18-10-14-22(15-11-18)31-33(30,32-23-16-12-19(2)13-17-23)26-24-20(3)27(4)28(25(24)29)21-8-6-5-7-9-21/h5-17H,1-4H3,(H,26,30). The molecule has 0 aliphatic rings. The van der Waals surface area contributed by atoms with Gasteiger partial charge in [0.1, 0.15) is 17.2 Å². The first-order valence-corrected chi connectivity index (χ1v) is 12.0. The summed E-state index contributed by atoms with van der Waals surface area (Å²) in [5, 5.41) is 2.81. The van der Waals surface area contributed by atoms with Crippen LogP contribution >= 0.6 is 7.75 Å². The van der Waals surface area contributed by atoms with E-state index in [1.165, 1.54) is 4.68 Å². The largest absolute Gasteiger partial charge is 0.541 e. The molecule has 170 valence electrons. The van der Waals surface area contributed by atoms with Gasteiger partial charge < -0.3 is 9.05 Å². The molecule has 4 rings (SSSR count). The van der Waals surface area contributed by atoms with Crippen molar-refractivity contribution in [2.24, 2.45) is 7.05 Å². The van der Waals surface area contributed by atoms with Crippen LogP contribution in [0, 0.1) is 20.8 Å². The molecule has 1 heterocycles. The molecule has 0 aliphatic carbocycles. The highest BCUT2D eigenvalue weighted by atomic mass is 31.2. The van der Waals surface area contributed by atoms with Gasteiger partial charge in [0, 0.05) is 7.05 Å². The minimum Gasteiger partial charge on any atom is -0.400 e. The number of rotatable bonds is 7. The van der Waals surface area contributed by atoms with Gasteiger partial charge in [0.05, 0.1) is 11.4 Å². The molecule has 7 nitrogen and oxygen atoms in total. The molecule has 0 radical (unpaired) electrons. The number of hydrogen-bond donors (Lipinski definition) is 1. The predicted molar refractivity (Wildman–Crippen MR) is 131 cm³/mol. The van der Waals surface area contributed by atoms with Crippen molar-refractivity contribution in [3.8, 4) is 17.2 Å². The van der Waals surface area contributed by atoms with Crippen LogP contribution < -0.4 is 19.7 Å². The number of aromatic nitrogens is 2. The Morgan fingerprint density at radius 3 is 1.73 bits per heavy atom. The third-order valence-electron chi connectivity index (χ3n) is 5.30. The molecule has 0 saturated heterocycles. The van der Waals surface area contributed by atoms with Crippen molar-refractivity contribution in [1.82, 2.24) is 9.36 Å². The van der Waals surface area contributed by atoms with Gasteiger partial charge in [-0.15, -0.1) is 0 Å². The van der Waals surface area contributed by atoms with Crippen molar-refractivity contribution >= 4 is 13.4 Å². The van der Waals surface area contributed by atoms with Crippen molar-refractivity contribution in [1.29, 1.82) is 0 Å². The minimum absolute atomic E-state index is 0.143. The molecule has 0 amide bonds. The highest BCUT2D eigenvalue weighted by Crippen LogP contribution is 2.48. The molecule has 0 bridgehead atoms. The van der Waals surface area contributed by atoms with E-state index in [1.807, 2.05) is 68.4 Å². The Bertz CT molecular complexity index is 1310. The zero-order chi connectivity index (χ0) is 23.6. The van der Waals surface area contributed by atoms with E-state index in [1.54, 1.807) is 42.9 Å². The van der Waals surface area contributed by atoms with Gasteiger partial charge in [0.2, 0.25) is 0 Å². The summed E-state index contributed by atoms with van der Waals surface area (Å²) in [6.45, 7) is 5.67. The summed E-state index contributed by atoms with van der Waals surface area (Å²) in [6, 6.07) is 23.5. The smallest absolute Gasteiger partial charge is 0.400 e. The maximum absolute atomic E-state index is 13.9. The normalized spacial score (nSPS) is 11.3. The molecule has 33 heavy (non-hydrogen) atoms. The van der Waals surface area contributed by atoms with Crippen LogP contribution in [0.25, 0.3) is 5.69 Å². The Labute approximate surface area is 192 Å². The van der Waals surface area contributed by atoms with E-state index >= 15 is 0 Å². The SMILES string of the molecule is Cc1ccc(OP(=O)(Nc2c(C)n(C)n(-c3ccccc3)c2=O)Oc2ccc(C)cc2)cc1. The number of benzene rings is 3. The summed E-state index contributed by atoms with van der Waals surface area (Å²) in [6.07, 6.45) is 0. The second-order valence-electron chi connectivity index (χ2n) is 7.85. The minimum atomic E-state index is -4.04. The molecule has 0 spiro atoms. The van der Waals surface area contributed by atoms with Gasteiger partial charge in [-0.05, 0) is 57.2 Å². The van der Waals surface area contributed by atoms with E-state index in [0.29, 0.717) is 22.9 Å². The van der Waals surface area contributed by atoms with Gasteiger partial charge in [-0.1, -0.05) is 53.6 Å². The number of hydrogen-bond acceptors (Lipinski definition) is 4. The summed E-state index contributed by atoms with van der Waals surface area (Å²) in [5.41, 5.74) is 3.13. The number of nitrogens with zero attached hydrogens (tertiary/aromatic N) is 2. The van der Waals surface area contributed by atoms with Crippen molar-refractivity contribution in [3.05, 3.63) is 106 Å². The molecule has 3 aromatic carbocycles. The lowest BCUT2D eigenvalue weighted by Gasteiger charge is -2.20. The van der Waals surface area contributed by atoms with Gasteiger partial charge in [0.25, 0.3) is 5.56 Å². The third kappa shape index (κ3) is 4.89. The second-order valence-corrected chi connectivity index (χ2v) is 9.44. The Morgan fingerprint density at radius 1 is 0.758 bits per heavy atom. The van der Waals surface area contributed by atoms with E-state index in [4.69, 9.17) is 9.05 Å². The highest BCUT2D eigenvalue weighted by Gasteiger charge is 2.32. The maximum atomic E-state index is 13.9. The number of para-hydroxylation sites is 1. The monoisotopic (exact) mass is 463 g/mol. The summed E-state index contributed by atoms with van der Waals surface area (Å²) in [7, 11) is -2.28. The van der Waals surface area contributed by atoms with Gasteiger partial charge in [-0.3, -0.25) is 14.6 Å². The first-order chi connectivity index (χ1) is 15.8. The van der Waals surface area contributed by atoms with Crippen LogP contribution in [0.3, 0.4) is 0 Å². The fourth-order valence-corrected chi connectivity index (χ4v) is 4.83. The molecule has 8 heteroatoms. The number of nitrogens with one attached hydrogen (secondary N) is 1. The fourth-order valence-electron chi connectivity index (χ4n) is 3.37. The van der Waals surface area contributed by atoms with E-state index < -0.39 is 7.75 Å². The first-order valence-electron chi connectivity index (χ1n) is 10.5. The third-order valence-corrected chi connectivity index (χ3v) is 6.70. The average molecular weight is 463 g/mol. The van der Waals surface area contributed by atoms with Crippen LogP contribution in [0.2, 0.25) is 0 Å². The Hall–Kier alpha value is -3.70. The molecule has 0 fully saturated rings. The Balaban J connectivity index is 1.75. The summed E-state index contributed by atoms with van der Waals surface area (Å²) in [5.74, 6) is 0.723. The average Bonchev–Trinajstić information content (AvgIpc) is 3.00. The van der Waals surface area contributed by atoms with Crippen molar-refractivity contribution in [3.63, 3.8) is 0 Å². The first kappa shape index (κ1) is 22.5. The van der Waals surface area contributed by atoms with Crippen LogP contribution in [0.1, 0.15) is 16.8 Å². The van der Waals surface area contributed by atoms with Crippen LogP contribution in [0.4, 0.5) is 5.69 Å². The fraction of sp³-hybridized carbons (Fsp3) is 0.160. The topological polar surface area (TPSA) is 74.5 Å².